The van der Waals surface area contributed by atoms with Crippen molar-refractivity contribution < 1.29 is 17.9 Å². The highest BCUT2D eigenvalue weighted by molar-refractivity contribution is 14.1. The van der Waals surface area contributed by atoms with E-state index in [0.29, 0.717) is 13.0 Å². The highest BCUT2D eigenvalue weighted by Crippen LogP contribution is 1.88. The molecule has 0 aliphatic carbocycles. The number of carbonyl (C=O) groups excluding carboxylic acids is 1. The SMILES string of the molecule is CCOC(=O)NS(=O)(=O)NCCCI. The Labute approximate surface area is 97.1 Å². The van der Waals surface area contributed by atoms with E-state index >= 15 is 0 Å². The third kappa shape index (κ3) is 7.33. The van der Waals surface area contributed by atoms with Crippen molar-refractivity contribution in [2.24, 2.45) is 0 Å². The molecule has 0 radical (unpaired) electrons. The summed E-state index contributed by atoms with van der Waals surface area (Å²) in [6.45, 7) is 2.03. The second-order valence-corrected chi connectivity index (χ2v) is 4.84. The van der Waals surface area contributed by atoms with E-state index in [1.807, 2.05) is 0 Å². The van der Waals surface area contributed by atoms with Crippen LogP contribution in [0.25, 0.3) is 0 Å². The Hall–Kier alpha value is -0.0900. The van der Waals surface area contributed by atoms with Gasteiger partial charge in [-0.05, 0) is 13.3 Å². The maximum absolute atomic E-state index is 11.1. The van der Waals surface area contributed by atoms with Gasteiger partial charge in [-0.1, -0.05) is 22.6 Å². The molecular weight excluding hydrogens is 323 g/mol. The van der Waals surface area contributed by atoms with Crippen molar-refractivity contribution in [3.63, 3.8) is 0 Å². The Morgan fingerprint density at radius 1 is 1.50 bits per heavy atom. The van der Waals surface area contributed by atoms with E-state index in [1.54, 1.807) is 11.6 Å². The molecule has 0 aromatic heterocycles. The van der Waals surface area contributed by atoms with Crippen LogP contribution in [0.5, 0.6) is 0 Å². The Bertz CT molecular complexity index is 267. The van der Waals surface area contributed by atoms with Crippen LogP contribution in [0.2, 0.25) is 0 Å². The fourth-order valence-corrected chi connectivity index (χ4v) is 1.72. The van der Waals surface area contributed by atoms with Crippen LogP contribution in [-0.4, -0.2) is 32.1 Å². The monoisotopic (exact) mass is 336 g/mol. The zero-order chi connectivity index (χ0) is 11.0. The molecule has 0 aromatic carbocycles. The van der Waals surface area contributed by atoms with Gasteiger partial charge in [0.1, 0.15) is 0 Å². The predicted molar refractivity (Wildman–Crippen MR) is 60.6 cm³/mol. The highest BCUT2D eigenvalue weighted by atomic mass is 127. The first-order chi connectivity index (χ1) is 6.52. The summed E-state index contributed by atoms with van der Waals surface area (Å²) in [4.78, 5) is 10.7. The van der Waals surface area contributed by atoms with E-state index in [4.69, 9.17) is 0 Å². The number of amides is 1. The molecule has 2 N–H and O–H groups in total. The van der Waals surface area contributed by atoms with Gasteiger partial charge in [0, 0.05) is 11.0 Å². The van der Waals surface area contributed by atoms with Crippen LogP contribution in [0.15, 0.2) is 0 Å². The molecule has 0 unspecified atom stereocenters. The van der Waals surface area contributed by atoms with E-state index in [1.165, 1.54) is 0 Å². The van der Waals surface area contributed by atoms with E-state index < -0.39 is 16.3 Å². The van der Waals surface area contributed by atoms with Crippen LogP contribution < -0.4 is 9.44 Å². The first kappa shape index (κ1) is 13.9. The fraction of sp³-hybridized carbons (Fsp3) is 0.833. The summed E-state index contributed by atoms with van der Waals surface area (Å²) in [7, 11) is -3.75. The van der Waals surface area contributed by atoms with Crippen LogP contribution >= 0.6 is 22.6 Å². The number of carbonyl (C=O) groups is 1. The second kappa shape index (κ2) is 7.23. The maximum Gasteiger partial charge on any atom is 0.421 e. The third-order valence-electron chi connectivity index (χ3n) is 1.10. The van der Waals surface area contributed by atoms with Crippen molar-refractivity contribution >= 4 is 38.9 Å². The lowest BCUT2D eigenvalue weighted by molar-refractivity contribution is 0.158. The largest absolute Gasteiger partial charge is 0.449 e. The van der Waals surface area contributed by atoms with E-state index in [-0.39, 0.29) is 6.61 Å². The number of hydrogen-bond donors (Lipinski definition) is 2. The first-order valence-corrected chi connectivity index (χ1v) is 7.03. The van der Waals surface area contributed by atoms with E-state index in [9.17, 15) is 13.2 Å². The zero-order valence-corrected chi connectivity index (χ0v) is 10.7. The molecule has 0 rings (SSSR count). The molecule has 0 saturated carbocycles. The molecule has 0 fully saturated rings. The molecule has 0 heterocycles. The molecule has 14 heavy (non-hydrogen) atoms. The lowest BCUT2D eigenvalue weighted by Crippen LogP contribution is -2.40. The lowest BCUT2D eigenvalue weighted by atomic mass is 10.5. The van der Waals surface area contributed by atoms with Gasteiger partial charge in [-0.2, -0.15) is 13.1 Å². The molecule has 0 aliphatic heterocycles. The van der Waals surface area contributed by atoms with Crippen molar-refractivity contribution in [2.75, 3.05) is 17.6 Å². The quantitative estimate of drug-likeness (QED) is 0.418. The minimum Gasteiger partial charge on any atom is -0.449 e. The lowest BCUT2D eigenvalue weighted by Gasteiger charge is -2.06. The first-order valence-electron chi connectivity index (χ1n) is 4.02. The summed E-state index contributed by atoms with van der Waals surface area (Å²) in [6, 6.07) is 0. The zero-order valence-electron chi connectivity index (χ0n) is 7.75. The van der Waals surface area contributed by atoms with E-state index in [0.717, 1.165) is 4.43 Å². The normalized spacial score (nSPS) is 11.0. The predicted octanol–water partition coefficient (Wildman–Crippen LogP) is 0.392. The standard InChI is InChI=1S/C6H13IN2O4S/c1-2-13-6(10)9-14(11,12)8-5-3-4-7/h8H,2-5H2,1H3,(H,9,10). The van der Waals surface area contributed by atoms with Gasteiger partial charge >= 0.3 is 16.3 Å². The van der Waals surface area contributed by atoms with Crippen LogP contribution in [-0.2, 0) is 14.9 Å². The smallest absolute Gasteiger partial charge is 0.421 e. The topological polar surface area (TPSA) is 84.5 Å². The van der Waals surface area contributed by atoms with Crippen LogP contribution in [0.4, 0.5) is 4.79 Å². The van der Waals surface area contributed by atoms with Crippen molar-refractivity contribution in [1.82, 2.24) is 9.44 Å². The van der Waals surface area contributed by atoms with Crippen molar-refractivity contribution in [1.29, 1.82) is 0 Å². The molecule has 0 atom stereocenters. The van der Waals surface area contributed by atoms with Crippen LogP contribution in [0, 0.1) is 0 Å². The number of halogens is 1. The summed E-state index contributed by atoms with van der Waals surface area (Å²) in [6.07, 6.45) is -0.251. The molecule has 1 amide bonds. The van der Waals surface area contributed by atoms with Gasteiger partial charge in [0.15, 0.2) is 0 Å². The molecule has 8 heteroatoms. The van der Waals surface area contributed by atoms with Gasteiger partial charge in [-0.25, -0.2) is 9.52 Å². The van der Waals surface area contributed by atoms with Crippen molar-refractivity contribution in [3.05, 3.63) is 0 Å². The fourth-order valence-electron chi connectivity index (χ4n) is 0.580. The number of rotatable bonds is 6. The molecule has 84 valence electrons. The number of nitrogens with one attached hydrogen (secondary N) is 2. The summed E-state index contributed by atoms with van der Waals surface area (Å²) in [5.41, 5.74) is 0. The van der Waals surface area contributed by atoms with E-state index in [2.05, 4.69) is 32.0 Å². The minimum absolute atomic E-state index is 0.134. The van der Waals surface area contributed by atoms with Crippen molar-refractivity contribution in [3.8, 4) is 0 Å². The van der Waals surface area contributed by atoms with Gasteiger partial charge in [-0.15, -0.1) is 0 Å². The van der Waals surface area contributed by atoms with Gasteiger partial charge in [0.25, 0.3) is 0 Å². The molecule has 0 aliphatic rings. The Morgan fingerprint density at radius 3 is 2.64 bits per heavy atom. The Balaban J connectivity index is 3.89. The van der Waals surface area contributed by atoms with Crippen molar-refractivity contribution in [2.45, 2.75) is 13.3 Å². The summed E-state index contributed by atoms with van der Waals surface area (Å²) >= 11 is 2.13. The number of hydrogen-bond acceptors (Lipinski definition) is 4. The van der Waals surface area contributed by atoms with Gasteiger partial charge in [0.05, 0.1) is 6.61 Å². The molecule has 0 bridgehead atoms. The molecular formula is C6H13IN2O4S. The molecule has 0 saturated heterocycles. The van der Waals surface area contributed by atoms with Crippen LogP contribution in [0.3, 0.4) is 0 Å². The molecule has 0 aromatic rings. The number of alkyl halides is 1. The average molecular weight is 336 g/mol. The highest BCUT2D eigenvalue weighted by Gasteiger charge is 2.13. The van der Waals surface area contributed by atoms with Gasteiger partial charge in [-0.3, -0.25) is 0 Å². The second-order valence-electron chi connectivity index (χ2n) is 2.26. The number of ether oxygens (including phenoxy) is 1. The minimum atomic E-state index is -3.75. The summed E-state index contributed by atoms with van der Waals surface area (Å²) in [5.74, 6) is 0. The average Bonchev–Trinajstić information content (AvgIpc) is 2.03. The maximum atomic E-state index is 11.1. The summed E-state index contributed by atoms with van der Waals surface area (Å²) in [5, 5.41) is 0. The van der Waals surface area contributed by atoms with Gasteiger partial charge in [0.2, 0.25) is 0 Å². The summed E-state index contributed by atoms with van der Waals surface area (Å²) < 4.78 is 31.3. The third-order valence-corrected chi connectivity index (χ3v) is 2.88. The van der Waals surface area contributed by atoms with Crippen LogP contribution in [0.1, 0.15) is 13.3 Å². The Morgan fingerprint density at radius 2 is 2.14 bits per heavy atom. The molecule has 0 spiro atoms. The Kier molecular flexibility index (Phi) is 7.19. The van der Waals surface area contributed by atoms with Gasteiger partial charge < -0.3 is 4.74 Å². The molecule has 6 nitrogen and oxygen atoms in total.